The molecule has 3 atom stereocenters. The second-order valence-corrected chi connectivity index (χ2v) is 5.18. The molecule has 2 unspecified atom stereocenters. The Morgan fingerprint density at radius 2 is 1.88 bits per heavy atom. The zero-order chi connectivity index (χ0) is 13.0. The molecular formula is C13H18BrNO2. The van der Waals surface area contributed by atoms with Gasteiger partial charge in [0.1, 0.15) is 0 Å². The van der Waals surface area contributed by atoms with Gasteiger partial charge in [0.05, 0.1) is 5.92 Å². The van der Waals surface area contributed by atoms with Gasteiger partial charge in [0.2, 0.25) is 0 Å². The van der Waals surface area contributed by atoms with Crippen LogP contribution in [0.3, 0.4) is 0 Å². The van der Waals surface area contributed by atoms with E-state index in [1.165, 1.54) is 0 Å². The molecule has 17 heavy (non-hydrogen) atoms. The Morgan fingerprint density at radius 1 is 1.29 bits per heavy atom. The maximum Gasteiger partial charge on any atom is 0.307 e. The quantitative estimate of drug-likeness (QED) is 0.878. The lowest BCUT2D eigenvalue weighted by Crippen LogP contribution is -2.37. The van der Waals surface area contributed by atoms with Gasteiger partial charge in [-0.05, 0) is 25.5 Å². The fourth-order valence-corrected chi connectivity index (χ4v) is 2.30. The van der Waals surface area contributed by atoms with E-state index >= 15 is 0 Å². The molecule has 0 aromatic heterocycles. The van der Waals surface area contributed by atoms with Crippen LogP contribution in [0.5, 0.6) is 0 Å². The summed E-state index contributed by atoms with van der Waals surface area (Å²) in [4.78, 5) is 10.9. The van der Waals surface area contributed by atoms with Crippen LogP contribution in [0.1, 0.15) is 32.4 Å². The molecular weight excluding hydrogens is 282 g/mol. The summed E-state index contributed by atoms with van der Waals surface area (Å²) in [6.45, 7) is 5.64. The number of halogens is 1. The van der Waals surface area contributed by atoms with E-state index in [2.05, 4.69) is 21.2 Å². The molecule has 0 saturated heterocycles. The highest BCUT2D eigenvalue weighted by atomic mass is 79.9. The molecule has 0 bridgehead atoms. The molecule has 0 fully saturated rings. The Bertz CT molecular complexity index is 395. The number of carbonyl (C=O) groups is 1. The number of nitrogens with one attached hydrogen (secondary N) is 1. The van der Waals surface area contributed by atoms with Gasteiger partial charge in [-0.1, -0.05) is 41.1 Å². The van der Waals surface area contributed by atoms with Crippen LogP contribution in [0, 0.1) is 5.92 Å². The first-order valence-electron chi connectivity index (χ1n) is 5.66. The Labute approximate surface area is 110 Å². The van der Waals surface area contributed by atoms with Crippen LogP contribution < -0.4 is 5.32 Å². The van der Waals surface area contributed by atoms with Crippen LogP contribution in [-0.4, -0.2) is 17.1 Å². The maximum absolute atomic E-state index is 10.9. The maximum atomic E-state index is 10.9. The molecule has 1 aromatic rings. The second-order valence-electron chi connectivity index (χ2n) is 4.33. The predicted octanol–water partition coefficient (Wildman–Crippen LogP) is 3.21. The molecule has 0 aliphatic rings. The lowest BCUT2D eigenvalue weighted by Gasteiger charge is -2.23. The first-order chi connectivity index (χ1) is 7.93. The summed E-state index contributed by atoms with van der Waals surface area (Å²) in [6, 6.07) is 7.99. The van der Waals surface area contributed by atoms with Crippen molar-refractivity contribution in [3.63, 3.8) is 0 Å². The van der Waals surface area contributed by atoms with Crippen LogP contribution >= 0.6 is 15.9 Å². The summed E-state index contributed by atoms with van der Waals surface area (Å²) in [5.41, 5.74) is 1.14. The number of aliphatic carboxylic acids is 1. The average molecular weight is 300 g/mol. The third-order valence-corrected chi connectivity index (χ3v) is 3.75. The predicted molar refractivity (Wildman–Crippen MR) is 72.0 cm³/mol. The fraction of sp³-hybridized carbons (Fsp3) is 0.462. The summed E-state index contributed by atoms with van der Waals surface area (Å²) in [6.07, 6.45) is 0. The zero-order valence-corrected chi connectivity index (χ0v) is 11.9. The molecule has 0 radical (unpaired) electrons. The van der Waals surface area contributed by atoms with E-state index < -0.39 is 11.9 Å². The van der Waals surface area contributed by atoms with Crippen molar-refractivity contribution in [1.82, 2.24) is 5.32 Å². The SMILES string of the molecule is CC(N[C@@H](C)c1ccccc1Br)C(C)C(=O)O. The molecule has 0 spiro atoms. The summed E-state index contributed by atoms with van der Waals surface area (Å²) in [5, 5.41) is 12.2. The number of benzene rings is 1. The largest absolute Gasteiger partial charge is 0.481 e. The summed E-state index contributed by atoms with van der Waals surface area (Å²) < 4.78 is 1.04. The Balaban J connectivity index is 2.70. The first-order valence-corrected chi connectivity index (χ1v) is 6.46. The molecule has 0 aliphatic carbocycles. The number of carboxylic acids is 1. The van der Waals surface area contributed by atoms with Crippen LogP contribution in [0.15, 0.2) is 28.7 Å². The van der Waals surface area contributed by atoms with Gasteiger partial charge in [-0.15, -0.1) is 0 Å². The zero-order valence-electron chi connectivity index (χ0n) is 10.3. The molecule has 3 nitrogen and oxygen atoms in total. The molecule has 0 saturated carbocycles. The van der Waals surface area contributed by atoms with E-state index in [-0.39, 0.29) is 12.1 Å². The Hall–Kier alpha value is -0.870. The molecule has 2 N–H and O–H groups in total. The summed E-state index contributed by atoms with van der Waals surface area (Å²) >= 11 is 3.50. The second kappa shape index (κ2) is 6.17. The molecule has 4 heteroatoms. The van der Waals surface area contributed by atoms with Crippen LogP contribution in [0.2, 0.25) is 0 Å². The van der Waals surface area contributed by atoms with Gasteiger partial charge < -0.3 is 10.4 Å². The van der Waals surface area contributed by atoms with Crippen molar-refractivity contribution in [3.05, 3.63) is 34.3 Å². The molecule has 94 valence electrons. The van der Waals surface area contributed by atoms with Crippen molar-refractivity contribution in [2.24, 2.45) is 5.92 Å². The minimum absolute atomic E-state index is 0.0744. The highest BCUT2D eigenvalue weighted by Gasteiger charge is 2.21. The van der Waals surface area contributed by atoms with Crippen molar-refractivity contribution < 1.29 is 9.90 Å². The smallest absolute Gasteiger partial charge is 0.307 e. The van der Waals surface area contributed by atoms with Gasteiger partial charge in [-0.2, -0.15) is 0 Å². The number of rotatable bonds is 5. The van der Waals surface area contributed by atoms with Crippen molar-refractivity contribution in [3.8, 4) is 0 Å². The molecule has 0 aliphatic heterocycles. The van der Waals surface area contributed by atoms with Crippen molar-refractivity contribution in [2.75, 3.05) is 0 Å². The fourth-order valence-electron chi connectivity index (χ4n) is 1.67. The van der Waals surface area contributed by atoms with Gasteiger partial charge >= 0.3 is 5.97 Å². The van der Waals surface area contributed by atoms with E-state index in [1.807, 2.05) is 38.1 Å². The van der Waals surface area contributed by atoms with Gasteiger partial charge in [-0.3, -0.25) is 4.79 Å². The number of hydrogen-bond donors (Lipinski definition) is 2. The van der Waals surface area contributed by atoms with Crippen LogP contribution in [0.25, 0.3) is 0 Å². The Kier molecular flexibility index (Phi) is 5.15. The Morgan fingerprint density at radius 3 is 2.41 bits per heavy atom. The van der Waals surface area contributed by atoms with Crippen molar-refractivity contribution >= 4 is 21.9 Å². The van der Waals surface area contributed by atoms with Gasteiger partial charge in [0.15, 0.2) is 0 Å². The lowest BCUT2D eigenvalue weighted by atomic mass is 10.0. The standard InChI is InChI=1S/C13H18BrNO2/c1-8(13(16)17)9(2)15-10(3)11-6-4-5-7-12(11)14/h4-10,15H,1-3H3,(H,16,17)/t8?,9?,10-/m0/s1. The van der Waals surface area contributed by atoms with E-state index in [0.717, 1.165) is 10.0 Å². The molecule has 1 aromatic carbocycles. The first kappa shape index (κ1) is 14.2. The van der Waals surface area contributed by atoms with E-state index in [9.17, 15) is 4.79 Å². The summed E-state index contributed by atoms with van der Waals surface area (Å²) in [5.74, 6) is -1.18. The van der Waals surface area contributed by atoms with Crippen molar-refractivity contribution in [1.29, 1.82) is 0 Å². The average Bonchev–Trinajstić information content (AvgIpc) is 2.28. The highest BCUT2D eigenvalue weighted by molar-refractivity contribution is 9.10. The van der Waals surface area contributed by atoms with E-state index in [0.29, 0.717) is 0 Å². The van der Waals surface area contributed by atoms with Gasteiger partial charge in [0, 0.05) is 16.6 Å². The highest BCUT2D eigenvalue weighted by Crippen LogP contribution is 2.23. The van der Waals surface area contributed by atoms with Gasteiger partial charge in [0.25, 0.3) is 0 Å². The van der Waals surface area contributed by atoms with Gasteiger partial charge in [-0.25, -0.2) is 0 Å². The summed E-state index contributed by atoms with van der Waals surface area (Å²) in [7, 11) is 0. The number of carboxylic acid groups (broad SMARTS) is 1. The third kappa shape index (κ3) is 3.82. The topological polar surface area (TPSA) is 49.3 Å². The van der Waals surface area contributed by atoms with Crippen LogP contribution in [-0.2, 0) is 4.79 Å². The molecule has 0 amide bonds. The number of hydrogen-bond acceptors (Lipinski definition) is 2. The minimum atomic E-state index is -0.774. The lowest BCUT2D eigenvalue weighted by molar-refractivity contribution is -0.142. The normalized spacial score (nSPS) is 16.2. The van der Waals surface area contributed by atoms with E-state index in [1.54, 1.807) is 6.92 Å². The monoisotopic (exact) mass is 299 g/mol. The molecule has 1 rings (SSSR count). The molecule has 0 heterocycles. The van der Waals surface area contributed by atoms with Crippen molar-refractivity contribution in [2.45, 2.75) is 32.9 Å². The van der Waals surface area contributed by atoms with Crippen LogP contribution in [0.4, 0.5) is 0 Å². The minimum Gasteiger partial charge on any atom is -0.481 e. The third-order valence-electron chi connectivity index (χ3n) is 3.02. The van der Waals surface area contributed by atoms with E-state index in [4.69, 9.17) is 5.11 Å².